The Kier molecular flexibility index (Phi) is 5.51. The van der Waals surface area contributed by atoms with Gasteiger partial charge >= 0.3 is 0 Å². The lowest BCUT2D eigenvalue weighted by Gasteiger charge is -2.22. The van der Waals surface area contributed by atoms with Crippen molar-refractivity contribution in [3.63, 3.8) is 0 Å². The fraction of sp³-hybridized carbons (Fsp3) is 0.294. The SMILES string of the molecule is C=Cc1cc(Cl)cc(C(=O)NC2CCC(=O)NC2=O)c1N=C(C)C. The van der Waals surface area contributed by atoms with Crippen LogP contribution in [0.4, 0.5) is 5.69 Å². The number of carbonyl (C=O) groups is 3. The molecule has 0 spiro atoms. The van der Waals surface area contributed by atoms with Crippen LogP contribution in [-0.4, -0.2) is 29.5 Å². The maximum absolute atomic E-state index is 12.6. The quantitative estimate of drug-likeness (QED) is 0.648. The zero-order valence-electron chi connectivity index (χ0n) is 13.5. The van der Waals surface area contributed by atoms with Gasteiger partial charge in [-0.2, -0.15) is 0 Å². The average molecular weight is 348 g/mol. The van der Waals surface area contributed by atoms with Gasteiger partial charge in [0, 0.05) is 22.7 Å². The Bertz CT molecular complexity index is 752. The summed E-state index contributed by atoms with van der Waals surface area (Å²) in [5.74, 6) is -1.33. The highest BCUT2D eigenvalue weighted by Gasteiger charge is 2.29. The first-order valence-corrected chi connectivity index (χ1v) is 7.82. The Balaban J connectivity index is 2.36. The second-order valence-corrected chi connectivity index (χ2v) is 6.07. The molecule has 1 aliphatic heterocycles. The van der Waals surface area contributed by atoms with Crippen LogP contribution in [0, 0.1) is 0 Å². The summed E-state index contributed by atoms with van der Waals surface area (Å²) in [6.07, 6.45) is 2.01. The monoisotopic (exact) mass is 347 g/mol. The number of aliphatic imine (C=N–C) groups is 1. The van der Waals surface area contributed by atoms with Gasteiger partial charge in [0.25, 0.3) is 5.91 Å². The van der Waals surface area contributed by atoms with Crippen molar-refractivity contribution in [1.29, 1.82) is 0 Å². The second kappa shape index (κ2) is 7.40. The van der Waals surface area contributed by atoms with E-state index in [0.717, 1.165) is 5.71 Å². The fourth-order valence-corrected chi connectivity index (χ4v) is 2.59. The number of carbonyl (C=O) groups excluding carboxylic acids is 3. The summed E-state index contributed by atoms with van der Waals surface area (Å²) in [6, 6.07) is 2.40. The minimum atomic E-state index is -0.763. The summed E-state index contributed by atoms with van der Waals surface area (Å²) in [5, 5.41) is 5.20. The Morgan fingerprint density at radius 3 is 2.71 bits per heavy atom. The van der Waals surface area contributed by atoms with Crippen LogP contribution in [-0.2, 0) is 9.59 Å². The summed E-state index contributed by atoms with van der Waals surface area (Å²) in [4.78, 5) is 40.0. The zero-order valence-corrected chi connectivity index (χ0v) is 14.2. The molecule has 1 saturated heterocycles. The Labute approximate surface area is 145 Å². The predicted octanol–water partition coefficient (Wildman–Crippen LogP) is 2.63. The van der Waals surface area contributed by atoms with Gasteiger partial charge in [-0.25, -0.2) is 0 Å². The molecule has 2 N–H and O–H groups in total. The van der Waals surface area contributed by atoms with E-state index in [-0.39, 0.29) is 24.3 Å². The molecule has 0 aliphatic carbocycles. The molecule has 0 radical (unpaired) electrons. The number of imide groups is 1. The minimum Gasteiger partial charge on any atom is -0.340 e. The molecule has 126 valence electrons. The number of halogens is 1. The third-order valence-electron chi connectivity index (χ3n) is 3.45. The number of amides is 3. The van der Waals surface area contributed by atoms with Gasteiger partial charge in [0.15, 0.2) is 0 Å². The van der Waals surface area contributed by atoms with Crippen molar-refractivity contribution >= 4 is 46.8 Å². The van der Waals surface area contributed by atoms with Crippen LogP contribution in [0.25, 0.3) is 6.08 Å². The van der Waals surface area contributed by atoms with E-state index in [2.05, 4.69) is 22.2 Å². The maximum Gasteiger partial charge on any atom is 0.254 e. The third-order valence-corrected chi connectivity index (χ3v) is 3.67. The van der Waals surface area contributed by atoms with Gasteiger partial charge in [0.05, 0.1) is 11.3 Å². The highest BCUT2D eigenvalue weighted by atomic mass is 35.5. The first-order chi connectivity index (χ1) is 11.3. The predicted molar refractivity (Wildman–Crippen MR) is 93.6 cm³/mol. The van der Waals surface area contributed by atoms with E-state index in [9.17, 15) is 14.4 Å². The van der Waals surface area contributed by atoms with Crippen molar-refractivity contribution < 1.29 is 14.4 Å². The van der Waals surface area contributed by atoms with Crippen molar-refractivity contribution in [2.75, 3.05) is 0 Å². The van der Waals surface area contributed by atoms with Crippen molar-refractivity contribution in [2.45, 2.75) is 32.7 Å². The first kappa shape index (κ1) is 17.9. The molecule has 24 heavy (non-hydrogen) atoms. The molecule has 3 amide bonds. The van der Waals surface area contributed by atoms with Crippen LogP contribution in [0.1, 0.15) is 42.6 Å². The molecule has 7 heteroatoms. The van der Waals surface area contributed by atoms with Gasteiger partial charge in [-0.1, -0.05) is 24.3 Å². The van der Waals surface area contributed by atoms with E-state index in [1.54, 1.807) is 12.1 Å². The summed E-state index contributed by atoms with van der Waals surface area (Å²) in [7, 11) is 0. The number of nitrogens with zero attached hydrogens (tertiary/aromatic N) is 1. The smallest absolute Gasteiger partial charge is 0.254 e. The van der Waals surface area contributed by atoms with Crippen molar-refractivity contribution in [3.8, 4) is 0 Å². The van der Waals surface area contributed by atoms with Crippen LogP contribution in [0.3, 0.4) is 0 Å². The standard InChI is InChI=1S/C17H18ClN3O3/c1-4-10-7-11(18)8-12(15(10)19-9(2)3)16(23)20-13-5-6-14(22)21-17(13)24/h4,7-8,13H,1,5-6H2,2-3H3,(H,20,23)(H,21,22,24). The van der Waals surface area contributed by atoms with E-state index in [4.69, 9.17) is 11.6 Å². The molecule has 2 rings (SSSR count). The normalized spacial score (nSPS) is 17.0. The van der Waals surface area contributed by atoms with E-state index < -0.39 is 17.9 Å². The molecule has 1 atom stereocenters. The van der Waals surface area contributed by atoms with Crippen molar-refractivity contribution in [2.24, 2.45) is 4.99 Å². The molecule has 1 fully saturated rings. The second-order valence-electron chi connectivity index (χ2n) is 5.63. The summed E-state index contributed by atoms with van der Waals surface area (Å²) >= 11 is 6.07. The van der Waals surface area contributed by atoms with Gasteiger partial charge in [-0.3, -0.25) is 24.7 Å². The van der Waals surface area contributed by atoms with Gasteiger partial charge in [0.2, 0.25) is 11.8 Å². The zero-order chi connectivity index (χ0) is 17.9. The first-order valence-electron chi connectivity index (χ1n) is 7.44. The summed E-state index contributed by atoms with van der Waals surface area (Å²) < 4.78 is 0. The molecular weight excluding hydrogens is 330 g/mol. The van der Waals surface area contributed by atoms with E-state index in [1.807, 2.05) is 13.8 Å². The number of benzene rings is 1. The van der Waals surface area contributed by atoms with E-state index in [1.165, 1.54) is 6.07 Å². The van der Waals surface area contributed by atoms with Gasteiger partial charge < -0.3 is 5.32 Å². The number of hydrogen-bond acceptors (Lipinski definition) is 4. The molecule has 1 aromatic carbocycles. The van der Waals surface area contributed by atoms with Gasteiger partial charge in [0.1, 0.15) is 6.04 Å². The van der Waals surface area contributed by atoms with Crippen molar-refractivity contribution in [3.05, 3.63) is 34.9 Å². The molecule has 1 aromatic rings. The van der Waals surface area contributed by atoms with Crippen LogP contribution in [0.5, 0.6) is 0 Å². The lowest BCUT2D eigenvalue weighted by atomic mass is 10.0. The van der Waals surface area contributed by atoms with Crippen LogP contribution in [0.2, 0.25) is 5.02 Å². The topological polar surface area (TPSA) is 87.6 Å². The number of piperidine rings is 1. The number of nitrogens with one attached hydrogen (secondary N) is 2. The molecule has 0 bridgehead atoms. The highest BCUT2D eigenvalue weighted by molar-refractivity contribution is 6.31. The third kappa shape index (κ3) is 4.08. The van der Waals surface area contributed by atoms with Gasteiger partial charge in [-0.15, -0.1) is 0 Å². The Morgan fingerprint density at radius 1 is 1.42 bits per heavy atom. The van der Waals surface area contributed by atoms with Crippen molar-refractivity contribution in [1.82, 2.24) is 10.6 Å². The molecule has 6 nitrogen and oxygen atoms in total. The lowest BCUT2D eigenvalue weighted by molar-refractivity contribution is -0.134. The Morgan fingerprint density at radius 2 is 2.12 bits per heavy atom. The number of rotatable bonds is 4. The summed E-state index contributed by atoms with van der Waals surface area (Å²) in [6.45, 7) is 7.33. The molecule has 1 unspecified atom stereocenters. The average Bonchev–Trinajstić information content (AvgIpc) is 2.50. The van der Waals surface area contributed by atoms with Crippen LogP contribution in [0.15, 0.2) is 23.7 Å². The Hall–Kier alpha value is -2.47. The molecule has 1 aliphatic rings. The molecule has 0 saturated carbocycles. The van der Waals surface area contributed by atoms with Crippen LogP contribution < -0.4 is 10.6 Å². The number of hydrogen-bond donors (Lipinski definition) is 2. The lowest BCUT2D eigenvalue weighted by Crippen LogP contribution is -2.52. The minimum absolute atomic E-state index is 0.184. The van der Waals surface area contributed by atoms with E-state index in [0.29, 0.717) is 16.3 Å². The molecule has 0 aromatic heterocycles. The maximum atomic E-state index is 12.6. The van der Waals surface area contributed by atoms with Gasteiger partial charge in [-0.05, 0) is 32.4 Å². The van der Waals surface area contributed by atoms with Crippen LogP contribution >= 0.6 is 11.6 Å². The molecule has 1 heterocycles. The van der Waals surface area contributed by atoms with E-state index >= 15 is 0 Å². The summed E-state index contributed by atoms with van der Waals surface area (Å²) in [5.41, 5.74) is 2.08. The fourth-order valence-electron chi connectivity index (χ4n) is 2.36. The highest BCUT2D eigenvalue weighted by Crippen LogP contribution is 2.30. The molecular formula is C17H18ClN3O3. The largest absolute Gasteiger partial charge is 0.340 e.